The fraction of sp³-hybridized carbons (Fsp3) is 0.238. The molecule has 0 atom stereocenters. The largest absolute Gasteiger partial charge is 0.493 e. The van der Waals surface area contributed by atoms with Gasteiger partial charge in [0.05, 0.1) is 14.2 Å². The molecule has 2 aromatic carbocycles. The van der Waals surface area contributed by atoms with E-state index < -0.39 is 0 Å². The molecule has 0 spiro atoms. The smallest absolute Gasteiger partial charge is 0.267 e. The standard InChI is InChI=1S/C21H24N2O4/c1-15(24)23-18(13-17-9-10-19(26-2)20(14-17)27-3)21(25)22-12-11-16-7-5-4-6-8-16/h4-10,13-14H,11-12H2,1-3H3,(H,22,25)(H,23,24)/b18-13-. The zero-order valence-corrected chi connectivity index (χ0v) is 15.7. The first-order chi connectivity index (χ1) is 13.0. The van der Waals surface area contributed by atoms with Gasteiger partial charge in [0.1, 0.15) is 5.70 Å². The lowest BCUT2D eigenvalue weighted by atomic mass is 10.1. The van der Waals surface area contributed by atoms with Crippen molar-refractivity contribution in [3.8, 4) is 11.5 Å². The van der Waals surface area contributed by atoms with Gasteiger partial charge in [-0.3, -0.25) is 9.59 Å². The van der Waals surface area contributed by atoms with E-state index in [9.17, 15) is 9.59 Å². The molecule has 0 bridgehead atoms. The van der Waals surface area contributed by atoms with Crippen LogP contribution in [0.2, 0.25) is 0 Å². The first-order valence-electron chi connectivity index (χ1n) is 8.57. The number of benzene rings is 2. The third-order valence-corrected chi connectivity index (χ3v) is 3.82. The SMILES string of the molecule is COc1ccc(/C=C(\NC(C)=O)C(=O)NCCc2ccccc2)cc1OC. The normalized spacial score (nSPS) is 10.9. The van der Waals surface area contributed by atoms with Gasteiger partial charge in [-0.1, -0.05) is 36.4 Å². The minimum atomic E-state index is -0.351. The van der Waals surface area contributed by atoms with Gasteiger partial charge in [0.2, 0.25) is 5.91 Å². The van der Waals surface area contributed by atoms with E-state index in [2.05, 4.69) is 10.6 Å². The summed E-state index contributed by atoms with van der Waals surface area (Å²) in [5, 5.41) is 5.41. The summed E-state index contributed by atoms with van der Waals surface area (Å²) in [6.07, 6.45) is 2.30. The molecule has 0 aromatic heterocycles. The summed E-state index contributed by atoms with van der Waals surface area (Å²) in [7, 11) is 3.09. The van der Waals surface area contributed by atoms with Gasteiger partial charge >= 0.3 is 0 Å². The topological polar surface area (TPSA) is 76.7 Å². The van der Waals surface area contributed by atoms with E-state index in [0.29, 0.717) is 30.0 Å². The Morgan fingerprint density at radius 1 is 1.00 bits per heavy atom. The van der Waals surface area contributed by atoms with Crippen molar-refractivity contribution in [2.24, 2.45) is 0 Å². The Morgan fingerprint density at radius 2 is 1.70 bits per heavy atom. The zero-order valence-electron chi connectivity index (χ0n) is 15.7. The van der Waals surface area contributed by atoms with Crippen LogP contribution in [0.5, 0.6) is 11.5 Å². The maximum Gasteiger partial charge on any atom is 0.267 e. The summed E-state index contributed by atoms with van der Waals surface area (Å²) < 4.78 is 10.5. The second-order valence-electron chi connectivity index (χ2n) is 5.85. The lowest BCUT2D eigenvalue weighted by molar-refractivity contribution is -0.122. The summed E-state index contributed by atoms with van der Waals surface area (Å²) >= 11 is 0. The van der Waals surface area contributed by atoms with E-state index in [0.717, 1.165) is 5.56 Å². The minimum Gasteiger partial charge on any atom is -0.493 e. The van der Waals surface area contributed by atoms with Crippen LogP contribution in [0.25, 0.3) is 6.08 Å². The average Bonchev–Trinajstić information content (AvgIpc) is 2.67. The van der Waals surface area contributed by atoms with Crippen molar-refractivity contribution in [1.82, 2.24) is 10.6 Å². The van der Waals surface area contributed by atoms with Crippen molar-refractivity contribution >= 4 is 17.9 Å². The summed E-state index contributed by atoms with van der Waals surface area (Å²) in [5.41, 5.74) is 2.00. The van der Waals surface area contributed by atoms with Crippen LogP contribution >= 0.6 is 0 Å². The Bertz CT molecular complexity index is 816. The number of amides is 2. The molecule has 0 fully saturated rings. The van der Waals surface area contributed by atoms with E-state index in [-0.39, 0.29) is 17.5 Å². The third-order valence-electron chi connectivity index (χ3n) is 3.82. The fourth-order valence-corrected chi connectivity index (χ4v) is 2.52. The van der Waals surface area contributed by atoms with Crippen LogP contribution in [-0.4, -0.2) is 32.6 Å². The van der Waals surface area contributed by atoms with Gasteiger partial charge in [0.15, 0.2) is 11.5 Å². The van der Waals surface area contributed by atoms with Crippen LogP contribution in [0.1, 0.15) is 18.1 Å². The summed E-state index contributed by atoms with van der Waals surface area (Å²) in [6.45, 7) is 1.82. The van der Waals surface area contributed by atoms with Gasteiger partial charge in [-0.25, -0.2) is 0 Å². The molecular weight excluding hydrogens is 344 g/mol. The Hall–Kier alpha value is -3.28. The molecule has 0 saturated heterocycles. The minimum absolute atomic E-state index is 0.169. The van der Waals surface area contributed by atoms with Gasteiger partial charge in [-0.2, -0.15) is 0 Å². The number of carbonyl (C=O) groups excluding carboxylic acids is 2. The molecule has 2 rings (SSSR count). The maximum absolute atomic E-state index is 12.5. The van der Waals surface area contributed by atoms with Gasteiger partial charge in [-0.15, -0.1) is 0 Å². The molecule has 0 saturated carbocycles. The predicted molar refractivity (Wildman–Crippen MR) is 104 cm³/mol. The van der Waals surface area contributed by atoms with Gasteiger partial charge in [-0.05, 0) is 35.8 Å². The van der Waals surface area contributed by atoms with E-state index in [1.165, 1.54) is 14.0 Å². The zero-order chi connectivity index (χ0) is 19.6. The number of hydrogen-bond donors (Lipinski definition) is 2. The van der Waals surface area contributed by atoms with Crippen LogP contribution in [-0.2, 0) is 16.0 Å². The van der Waals surface area contributed by atoms with Crippen molar-refractivity contribution in [2.45, 2.75) is 13.3 Å². The molecule has 0 aliphatic rings. The predicted octanol–water partition coefficient (Wildman–Crippen LogP) is 2.54. The van der Waals surface area contributed by atoms with Gasteiger partial charge in [0.25, 0.3) is 5.91 Å². The van der Waals surface area contributed by atoms with Crippen LogP contribution in [0.3, 0.4) is 0 Å². The highest BCUT2D eigenvalue weighted by Crippen LogP contribution is 2.28. The first-order valence-corrected chi connectivity index (χ1v) is 8.57. The van der Waals surface area contributed by atoms with E-state index >= 15 is 0 Å². The summed E-state index contributed by atoms with van der Waals surface area (Å²) in [6, 6.07) is 15.1. The number of hydrogen-bond acceptors (Lipinski definition) is 4. The second kappa shape index (κ2) is 10.0. The van der Waals surface area contributed by atoms with Crippen LogP contribution < -0.4 is 20.1 Å². The molecule has 6 heteroatoms. The maximum atomic E-state index is 12.5. The van der Waals surface area contributed by atoms with Crippen LogP contribution in [0, 0.1) is 0 Å². The van der Waals surface area contributed by atoms with E-state index in [1.54, 1.807) is 31.4 Å². The van der Waals surface area contributed by atoms with Crippen molar-refractivity contribution < 1.29 is 19.1 Å². The fourth-order valence-electron chi connectivity index (χ4n) is 2.52. The lowest BCUT2D eigenvalue weighted by Gasteiger charge is -2.11. The van der Waals surface area contributed by atoms with Crippen LogP contribution in [0.15, 0.2) is 54.2 Å². The van der Waals surface area contributed by atoms with E-state index in [4.69, 9.17) is 9.47 Å². The van der Waals surface area contributed by atoms with Crippen molar-refractivity contribution in [3.05, 3.63) is 65.4 Å². The molecule has 6 nitrogen and oxygen atoms in total. The van der Waals surface area contributed by atoms with Gasteiger partial charge < -0.3 is 20.1 Å². The molecule has 0 radical (unpaired) electrons. The molecule has 27 heavy (non-hydrogen) atoms. The summed E-state index contributed by atoms with van der Waals surface area (Å²) in [5.74, 6) is 0.455. The Kier molecular flexibility index (Phi) is 7.43. The van der Waals surface area contributed by atoms with Crippen molar-refractivity contribution in [1.29, 1.82) is 0 Å². The molecule has 142 valence electrons. The Labute approximate surface area is 159 Å². The van der Waals surface area contributed by atoms with E-state index in [1.807, 2.05) is 30.3 Å². The summed E-state index contributed by atoms with van der Waals surface area (Å²) in [4.78, 5) is 24.0. The lowest BCUT2D eigenvalue weighted by Crippen LogP contribution is -2.34. The molecule has 0 heterocycles. The number of ether oxygens (including phenoxy) is 2. The molecular formula is C21H24N2O4. The monoisotopic (exact) mass is 368 g/mol. The van der Waals surface area contributed by atoms with Crippen molar-refractivity contribution in [3.63, 3.8) is 0 Å². The Balaban J connectivity index is 2.12. The third kappa shape index (κ3) is 6.18. The number of methoxy groups -OCH3 is 2. The first kappa shape index (κ1) is 20.0. The highest BCUT2D eigenvalue weighted by Gasteiger charge is 2.12. The molecule has 0 aliphatic carbocycles. The Morgan fingerprint density at radius 3 is 2.33 bits per heavy atom. The number of carbonyl (C=O) groups is 2. The van der Waals surface area contributed by atoms with Gasteiger partial charge in [0, 0.05) is 13.5 Å². The van der Waals surface area contributed by atoms with Crippen LogP contribution in [0.4, 0.5) is 0 Å². The second-order valence-corrected chi connectivity index (χ2v) is 5.85. The molecule has 2 amide bonds. The number of rotatable bonds is 8. The average molecular weight is 368 g/mol. The molecule has 2 aromatic rings. The highest BCUT2D eigenvalue weighted by molar-refractivity contribution is 6.00. The molecule has 2 N–H and O–H groups in total. The van der Waals surface area contributed by atoms with Crippen molar-refractivity contribution in [2.75, 3.05) is 20.8 Å². The molecule has 0 aliphatic heterocycles. The highest BCUT2D eigenvalue weighted by atomic mass is 16.5. The number of nitrogens with one attached hydrogen (secondary N) is 2. The molecule has 0 unspecified atom stereocenters. The quantitative estimate of drug-likeness (QED) is 0.702.